The quantitative estimate of drug-likeness (QED) is 0.732. The van der Waals surface area contributed by atoms with Gasteiger partial charge in [-0.05, 0) is 31.5 Å². The predicted molar refractivity (Wildman–Crippen MR) is 79.6 cm³/mol. The number of rotatable bonds is 4. The molecule has 3 heterocycles. The zero-order chi connectivity index (χ0) is 15.7. The number of hydrogen-bond donors (Lipinski definition) is 0. The van der Waals surface area contributed by atoms with Crippen LogP contribution in [0.4, 0.5) is 0 Å². The van der Waals surface area contributed by atoms with Gasteiger partial charge >= 0.3 is 0 Å². The van der Waals surface area contributed by atoms with Gasteiger partial charge in [0.25, 0.3) is 5.91 Å². The highest BCUT2D eigenvalue weighted by Gasteiger charge is 2.20. The maximum Gasteiger partial charge on any atom is 0.272 e. The van der Waals surface area contributed by atoms with Crippen molar-refractivity contribution in [2.75, 3.05) is 13.6 Å². The summed E-state index contributed by atoms with van der Waals surface area (Å²) < 4.78 is 6.52. The minimum Gasteiger partial charge on any atom is -0.343 e. The van der Waals surface area contributed by atoms with E-state index >= 15 is 0 Å². The minimum atomic E-state index is -0.0719. The van der Waals surface area contributed by atoms with Crippen LogP contribution in [0.3, 0.4) is 0 Å². The molecule has 114 valence electrons. The SMILES string of the molecule is Cc1ccn2c(C(=O)N(C)CCc3ncon3)c(C)nc2c1. The highest BCUT2D eigenvalue weighted by molar-refractivity contribution is 5.94. The second-order valence-corrected chi connectivity index (χ2v) is 5.30. The number of pyridine rings is 1. The molecule has 0 saturated carbocycles. The lowest BCUT2D eigenvalue weighted by molar-refractivity contribution is 0.0788. The van der Waals surface area contributed by atoms with Crippen LogP contribution in [0.25, 0.3) is 5.65 Å². The Morgan fingerprint density at radius 1 is 1.41 bits per heavy atom. The third-order valence-electron chi connectivity index (χ3n) is 3.58. The Labute approximate surface area is 127 Å². The van der Waals surface area contributed by atoms with Crippen LogP contribution in [0, 0.1) is 13.8 Å². The summed E-state index contributed by atoms with van der Waals surface area (Å²) in [6, 6.07) is 3.92. The van der Waals surface area contributed by atoms with Crippen LogP contribution in [0.5, 0.6) is 0 Å². The van der Waals surface area contributed by atoms with Gasteiger partial charge in [0.05, 0.1) is 5.69 Å². The van der Waals surface area contributed by atoms with E-state index in [1.165, 1.54) is 6.39 Å². The largest absolute Gasteiger partial charge is 0.343 e. The first-order valence-electron chi connectivity index (χ1n) is 7.02. The van der Waals surface area contributed by atoms with Crippen molar-refractivity contribution in [3.05, 3.63) is 47.5 Å². The summed E-state index contributed by atoms with van der Waals surface area (Å²) in [5.41, 5.74) is 3.21. The molecule has 22 heavy (non-hydrogen) atoms. The van der Waals surface area contributed by atoms with Gasteiger partial charge in [-0.1, -0.05) is 5.16 Å². The Bertz CT molecular complexity index is 807. The summed E-state index contributed by atoms with van der Waals surface area (Å²) in [6.07, 6.45) is 3.71. The van der Waals surface area contributed by atoms with E-state index in [0.29, 0.717) is 24.5 Å². The Balaban J connectivity index is 1.83. The zero-order valence-electron chi connectivity index (χ0n) is 12.8. The number of aromatic nitrogens is 4. The average Bonchev–Trinajstić information content (AvgIpc) is 3.10. The molecule has 0 bridgehead atoms. The van der Waals surface area contributed by atoms with Crippen molar-refractivity contribution in [1.29, 1.82) is 0 Å². The summed E-state index contributed by atoms with van der Waals surface area (Å²) >= 11 is 0. The first-order valence-corrected chi connectivity index (χ1v) is 7.02. The first-order chi connectivity index (χ1) is 10.6. The van der Waals surface area contributed by atoms with Gasteiger partial charge in [0.1, 0.15) is 11.3 Å². The van der Waals surface area contributed by atoms with E-state index in [-0.39, 0.29) is 5.91 Å². The lowest BCUT2D eigenvalue weighted by atomic mass is 10.2. The molecule has 3 rings (SSSR count). The third kappa shape index (κ3) is 2.57. The molecule has 0 aliphatic heterocycles. The van der Waals surface area contributed by atoms with Crippen LogP contribution in [-0.4, -0.2) is 43.9 Å². The fraction of sp³-hybridized carbons (Fsp3) is 0.333. The maximum absolute atomic E-state index is 12.7. The fourth-order valence-corrected chi connectivity index (χ4v) is 2.37. The molecule has 0 unspecified atom stereocenters. The summed E-state index contributed by atoms with van der Waals surface area (Å²) in [5, 5.41) is 3.75. The molecule has 0 aliphatic carbocycles. The van der Waals surface area contributed by atoms with Crippen molar-refractivity contribution in [3.8, 4) is 0 Å². The van der Waals surface area contributed by atoms with E-state index in [1.54, 1.807) is 11.9 Å². The van der Waals surface area contributed by atoms with E-state index in [2.05, 4.69) is 19.6 Å². The summed E-state index contributed by atoms with van der Waals surface area (Å²) in [4.78, 5) is 22.7. The van der Waals surface area contributed by atoms with Crippen LogP contribution in [0.1, 0.15) is 27.6 Å². The van der Waals surface area contributed by atoms with Crippen molar-refractivity contribution in [2.24, 2.45) is 0 Å². The number of hydrogen-bond acceptors (Lipinski definition) is 5. The molecule has 0 aromatic carbocycles. The van der Waals surface area contributed by atoms with Gasteiger partial charge in [0.2, 0.25) is 6.39 Å². The summed E-state index contributed by atoms with van der Waals surface area (Å²) in [6.45, 7) is 4.36. The van der Waals surface area contributed by atoms with Crippen LogP contribution in [0.15, 0.2) is 29.2 Å². The molecular weight excluding hydrogens is 282 g/mol. The Kier molecular flexibility index (Phi) is 3.62. The normalized spacial score (nSPS) is 11.0. The maximum atomic E-state index is 12.7. The molecule has 0 radical (unpaired) electrons. The van der Waals surface area contributed by atoms with Gasteiger partial charge in [0, 0.05) is 26.2 Å². The van der Waals surface area contributed by atoms with Gasteiger partial charge in [-0.3, -0.25) is 9.20 Å². The highest BCUT2D eigenvalue weighted by Crippen LogP contribution is 2.15. The van der Waals surface area contributed by atoms with Crippen LogP contribution in [0.2, 0.25) is 0 Å². The summed E-state index contributed by atoms with van der Waals surface area (Å²) in [7, 11) is 1.76. The predicted octanol–water partition coefficient (Wildman–Crippen LogP) is 1.65. The topological polar surface area (TPSA) is 76.5 Å². The minimum absolute atomic E-state index is 0.0719. The molecule has 0 fully saturated rings. The molecule has 3 aromatic rings. The molecule has 0 atom stereocenters. The third-order valence-corrected chi connectivity index (χ3v) is 3.58. The molecule has 3 aromatic heterocycles. The molecule has 0 aliphatic rings. The molecule has 7 nitrogen and oxygen atoms in total. The lowest BCUT2D eigenvalue weighted by Crippen LogP contribution is -2.30. The highest BCUT2D eigenvalue weighted by atomic mass is 16.5. The van der Waals surface area contributed by atoms with E-state index in [9.17, 15) is 4.79 Å². The molecule has 7 heteroatoms. The van der Waals surface area contributed by atoms with Gasteiger partial charge in [-0.25, -0.2) is 4.98 Å². The molecule has 0 saturated heterocycles. The number of nitrogens with zero attached hydrogens (tertiary/aromatic N) is 5. The second kappa shape index (κ2) is 5.59. The molecule has 0 N–H and O–H groups in total. The van der Waals surface area contributed by atoms with Crippen LogP contribution >= 0.6 is 0 Å². The molecule has 0 spiro atoms. The second-order valence-electron chi connectivity index (χ2n) is 5.30. The van der Waals surface area contributed by atoms with Gasteiger partial charge in [-0.2, -0.15) is 4.98 Å². The van der Waals surface area contributed by atoms with Crippen molar-refractivity contribution in [1.82, 2.24) is 24.4 Å². The standard InChI is InChI=1S/C15H17N5O2/c1-10-4-7-20-13(8-10)17-11(2)14(20)15(21)19(3)6-5-12-16-9-22-18-12/h4,7-9H,5-6H2,1-3H3. The number of imidazole rings is 1. The van der Waals surface area contributed by atoms with E-state index in [1.807, 2.05) is 36.6 Å². The Morgan fingerprint density at radius 2 is 2.23 bits per heavy atom. The summed E-state index contributed by atoms with van der Waals surface area (Å²) in [5.74, 6) is 0.516. The fourth-order valence-electron chi connectivity index (χ4n) is 2.37. The van der Waals surface area contributed by atoms with Gasteiger partial charge < -0.3 is 9.42 Å². The molecule has 1 amide bonds. The van der Waals surface area contributed by atoms with E-state index in [4.69, 9.17) is 0 Å². The monoisotopic (exact) mass is 299 g/mol. The lowest BCUT2D eigenvalue weighted by Gasteiger charge is -2.16. The number of amides is 1. The number of likely N-dealkylation sites (N-methyl/N-ethyl adjacent to an activating group) is 1. The average molecular weight is 299 g/mol. The van der Waals surface area contributed by atoms with Gasteiger partial charge in [0.15, 0.2) is 5.82 Å². The van der Waals surface area contributed by atoms with Crippen molar-refractivity contribution in [2.45, 2.75) is 20.3 Å². The zero-order valence-corrected chi connectivity index (χ0v) is 12.8. The Morgan fingerprint density at radius 3 is 2.95 bits per heavy atom. The van der Waals surface area contributed by atoms with Crippen LogP contribution < -0.4 is 0 Å². The number of aryl methyl sites for hydroxylation is 2. The number of fused-ring (bicyclic) bond motifs is 1. The smallest absolute Gasteiger partial charge is 0.272 e. The first kappa shape index (κ1) is 14.2. The van der Waals surface area contributed by atoms with E-state index < -0.39 is 0 Å². The van der Waals surface area contributed by atoms with E-state index in [0.717, 1.165) is 16.9 Å². The van der Waals surface area contributed by atoms with Gasteiger partial charge in [-0.15, -0.1) is 0 Å². The molecular formula is C15H17N5O2. The number of carbonyl (C=O) groups is 1. The van der Waals surface area contributed by atoms with Crippen LogP contribution in [-0.2, 0) is 6.42 Å². The van der Waals surface area contributed by atoms with Crippen molar-refractivity contribution in [3.63, 3.8) is 0 Å². The Hall–Kier alpha value is -2.70. The van der Waals surface area contributed by atoms with Crippen molar-refractivity contribution >= 4 is 11.6 Å². The number of carbonyl (C=O) groups excluding carboxylic acids is 1. The van der Waals surface area contributed by atoms with Crippen molar-refractivity contribution < 1.29 is 9.32 Å².